The predicted octanol–water partition coefficient (Wildman–Crippen LogP) is 2.50. The van der Waals surface area contributed by atoms with E-state index in [9.17, 15) is 9.59 Å². The fourth-order valence-corrected chi connectivity index (χ4v) is 3.09. The summed E-state index contributed by atoms with van der Waals surface area (Å²) < 4.78 is 7.37. The number of ether oxygens (including phenoxy) is 1. The second-order valence-electron chi connectivity index (χ2n) is 6.39. The largest absolute Gasteiger partial charge is 0.489 e. The molecule has 0 unspecified atom stereocenters. The van der Waals surface area contributed by atoms with Gasteiger partial charge in [-0.1, -0.05) is 18.2 Å². The van der Waals surface area contributed by atoms with Crippen LogP contribution in [-0.4, -0.2) is 21.1 Å². The quantitative estimate of drug-likeness (QED) is 0.593. The first-order chi connectivity index (χ1) is 13.6. The number of benzene rings is 1. The number of pyridine rings is 3. The Kier molecular flexibility index (Phi) is 4.38. The van der Waals surface area contributed by atoms with Crippen LogP contribution in [0.3, 0.4) is 0 Å². The molecule has 0 saturated heterocycles. The minimum atomic E-state index is -0.505. The third-order valence-electron chi connectivity index (χ3n) is 4.52. The Morgan fingerprint density at radius 3 is 2.89 bits per heavy atom. The molecule has 0 aliphatic carbocycles. The van der Waals surface area contributed by atoms with E-state index in [2.05, 4.69) is 9.97 Å². The maximum absolute atomic E-state index is 12.7. The van der Waals surface area contributed by atoms with Gasteiger partial charge in [-0.3, -0.25) is 9.59 Å². The lowest BCUT2D eigenvalue weighted by molar-refractivity contribution is 0.299. The number of hydrogen-bond acceptors (Lipinski definition) is 5. The van der Waals surface area contributed by atoms with Crippen molar-refractivity contribution in [3.63, 3.8) is 0 Å². The summed E-state index contributed by atoms with van der Waals surface area (Å²) in [5.41, 5.74) is 1.20. The van der Waals surface area contributed by atoms with E-state index < -0.39 is 5.56 Å². The predicted molar refractivity (Wildman–Crippen MR) is 106 cm³/mol. The minimum Gasteiger partial charge on any atom is -0.489 e. The molecule has 4 rings (SSSR count). The molecule has 3 heterocycles. The zero-order valence-electron chi connectivity index (χ0n) is 15.1. The molecule has 1 N–H and O–H groups in total. The summed E-state index contributed by atoms with van der Waals surface area (Å²) in [6.45, 7) is 2.51. The molecule has 7 heteroatoms. The third kappa shape index (κ3) is 3.12. The average Bonchev–Trinajstić information content (AvgIpc) is 2.69. The molecule has 4 aromatic rings. The highest BCUT2D eigenvalue weighted by Gasteiger charge is 2.08. The van der Waals surface area contributed by atoms with Crippen LogP contribution in [0.4, 0.5) is 0 Å². The lowest BCUT2D eigenvalue weighted by atomic mass is 10.2. The van der Waals surface area contributed by atoms with E-state index in [0.29, 0.717) is 23.2 Å². The van der Waals surface area contributed by atoms with Gasteiger partial charge in [0, 0.05) is 17.3 Å². The van der Waals surface area contributed by atoms with E-state index >= 15 is 0 Å². The van der Waals surface area contributed by atoms with Crippen molar-refractivity contribution >= 4 is 21.8 Å². The van der Waals surface area contributed by atoms with Crippen molar-refractivity contribution in [2.45, 2.75) is 13.5 Å². The molecule has 0 aliphatic rings. The van der Waals surface area contributed by atoms with Gasteiger partial charge in [-0.2, -0.15) is 5.26 Å². The van der Waals surface area contributed by atoms with E-state index in [0.717, 1.165) is 16.6 Å². The molecule has 0 atom stereocenters. The molecule has 3 aromatic heterocycles. The summed E-state index contributed by atoms with van der Waals surface area (Å²) >= 11 is 0. The highest BCUT2D eigenvalue weighted by Crippen LogP contribution is 2.23. The number of aromatic nitrogens is 3. The number of nitrogens with zero attached hydrogens (tertiary/aromatic N) is 3. The van der Waals surface area contributed by atoms with Crippen LogP contribution in [0, 0.1) is 18.3 Å². The van der Waals surface area contributed by atoms with Gasteiger partial charge in [0.1, 0.15) is 29.5 Å². The van der Waals surface area contributed by atoms with Crippen molar-refractivity contribution in [1.82, 2.24) is 14.5 Å². The molecular formula is C21H16N4O3. The van der Waals surface area contributed by atoms with Gasteiger partial charge in [0.25, 0.3) is 11.1 Å². The van der Waals surface area contributed by atoms with Gasteiger partial charge in [-0.25, -0.2) is 4.98 Å². The number of nitrogens with one attached hydrogen (secondary N) is 1. The SMILES string of the molecule is Cc1ccc2cccc(OCCn3ccc4[nH]c(=O)c(C#N)cc4c3=O)c2n1. The van der Waals surface area contributed by atoms with Crippen molar-refractivity contribution in [1.29, 1.82) is 5.26 Å². The molecule has 0 amide bonds. The number of H-pyrrole nitrogens is 1. The van der Waals surface area contributed by atoms with Crippen LogP contribution in [0.1, 0.15) is 11.3 Å². The van der Waals surface area contributed by atoms with Gasteiger partial charge in [0.05, 0.1) is 17.4 Å². The second kappa shape index (κ2) is 7.00. The number of rotatable bonds is 4. The molecule has 0 bridgehead atoms. The number of nitriles is 1. The maximum Gasteiger partial charge on any atom is 0.266 e. The van der Waals surface area contributed by atoms with Crippen molar-refractivity contribution in [2.24, 2.45) is 0 Å². The molecule has 1 aromatic carbocycles. The Hall–Kier alpha value is -3.92. The lowest BCUT2D eigenvalue weighted by Gasteiger charge is -2.11. The summed E-state index contributed by atoms with van der Waals surface area (Å²) in [6, 6.07) is 14.4. The maximum atomic E-state index is 12.7. The van der Waals surface area contributed by atoms with Gasteiger partial charge >= 0.3 is 0 Å². The summed E-state index contributed by atoms with van der Waals surface area (Å²) in [5, 5.41) is 10.3. The van der Waals surface area contributed by atoms with Crippen molar-refractivity contribution < 1.29 is 4.74 Å². The molecule has 0 radical (unpaired) electrons. The molecule has 0 saturated carbocycles. The van der Waals surface area contributed by atoms with Gasteiger partial charge in [0.15, 0.2) is 0 Å². The molecule has 138 valence electrons. The van der Waals surface area contributed by atoms with Crippen molar-refractivity contribution in [2.75, 3.05) is 6.61 Å². The number of para-hydroxylation sites is 1. The Bertz CT molecular complexity index is 1360. The summed E-state index contributed by atoms with van der Waals surface area (Å²) in [5.74, 6) is 0.658. The van der Waals surface area contributed by atoms with E-state index in [4.69, 9.17) is 10.00 Å². The monoisotopic (exact) mass is 372 g/mol. The number of hydrogen-bond donors (Lipinski definition) is 1. The molecule has 28 heavy (non-hydrogen) atoms. The van der Waals surface area contributed by atoms with Gasteiger partial charge in [-0.05, 0) is 31.2 Å². The number of aryl methyl sites for hydroxylation is 1. The Morgan fingerprint density at radius 1 is 1.21 bits per heavy atom. The minimum absolute atomic E-state index is 0.0872. The fourth-order valence-electron chi connectivity index (χ4n) is 3.09. The summed E-state index contributed by atoms with van der Waals surface area (Å²) in [7, 11) is 0. The summed E-state index contributed by atoms with van der Waals surface area (Å²) in [6.07, 6.45) is 1.60. The van der Waals surface area contributed by atoms with E-state index in [-0.39, 0.29) is 17.7 Å². The third-order valence-corrected chi connectivity index (χ3v) is 4.52. The van der Waals surface area contributed by atoms with Crippen LogP contribution >= 0.6 is 0 Å². The molecule has 0 fully saturated rings. The molecule has 0 spiro atoms. The Labute approximate surface area is 159 Å². The van der Waals surface area contributed by atoms with Crippen LogP contribution in [0.15, 0.2) is 58.3 Å². The molecule has 7 nitrogen and oxygen atoms in total. The van der Waals surface area contributed by atoms with E-state index in [1.807, 2.05) is 37.3 Å². The smallest absolute Gasteiger partial charge is 0.266 e. The Balaban J connectivity index is 1.60. The van der Waals surface area contributed by atoms with Crippen LogP contribution in [-0.2, 0) is 6.54 Å². The average molecular weight is 372 g/mol. The van der Waals surface area contributed by atoms with Crippen LogP contribution < -0.4 is 15.9 Å². The first-order valence-electron chi connectivity index (χ1n) is 8.72. The van der Waals surface area contributed by atoms with Gasteiger partial charge in [-0.15, -0.1) is 0 Å². The standard InChI is InChI=1S/C21H16N4O3/c1-13-5-6-14-3-2-4-18(19(14)23-13)28-10-9-25-8-7-17-16(21(25)27)11-15(12-22)20(26)24-17/h2-8,11H,9-10H2,1H3,(H,24,26). The van der Waals surface area contributed by atoms with E-state index in [1.54, 1.807) is 18.3 Å². The van der Waals surface area contributed by atoms with Crippen molar-refractivity contribution in [3.8, 4) is 11.8 Å². The molecular weight excluding hydrogens is 356 g/mol. The topological polar surface area (TPSA) is 101 Å². The van der Waals surface area contributed by atoms with Crippen LogP contribution in [0.25, 0.3) is 21.8 Å². The zero-order valence-corrected chi connectivity index (χ0v) is 15.1. The fraction of sp³-hybridized carbons (Fsp3) is 0.143. The molecule has 0 aliphatic heterocycles. The first kappa shape index (κ1) is 17.5. The van der Waals surface area contributed by atoms with E-state index in [1.165, 1.54) is 10.6 Å². The Morgan fingerprint density at radius 2 is 2.07 bits per heavy atom. The highest BCUT2D eigenvalue weighted by atomic mass is 16.5. The highest BCUT2D eigenvalue weighted by molar-refractivity contribution is 5.84. The normalized spacial score (nSPS) is 10.9. The van der Waals surface area contributed by atoms with Gasteiger partial charge < -0.3 is 14.3 Å². The van der Waals surface area contributed by atoms with Crippen LogP contribution in [0.5, 0.6) is 5.75 Å². The number of fused-ring (bicyclic) bond motifs is 2. The second-order valence-corrected chi connectivity index (χ2v) is 6.39. The number of aromatic amines is 1. The van der Waals surface area contributed by atoms with Crippen LogP contribution in [0.2, 0.25) is 0 Å². The first-order valence-corrected chi connectivity index (χ1v) is 8.72. The van der Waals surface area contributed by atoms with Crippen molar-refractivity contribution in [3.05, 3.63) is 80.6 Å². The zero-order chi connectivity index (χ0) is 19.7. The van der Waals surface area contributed by atoms with Gasteiger partial charge in [0.2, 0.25) is 0 Å². The lowest BCUT2D eigenvalue weighted by Crippen LogP contribution is -2.24. The summed E-state index contributed by atoms with van der Waals surface area (Å²) in [4.78, 5) is 31.5.